The first-order chi connectivity index (χ1) is 11.1. The normalized spacial score (nSPS) is 11.1. The molecule has 0 N–H and O–H groups in total. The number of halogens is 1. The van der Waals surface area contributed by atoms with Crippen molar-refractivity contribution < 1.29 is 4.42 Å². The van der Waals surface area contributed by atoms with E-state index in [0.717, 1.165) is 16.6 Å². The van der Waals surface area contributed by atoms with E-state index in [1.165, 1.54) is 11.1 Å². The Kier molecular flexibility index (Phi) is 4.88. The molecule has 0 saturated carbocycles. The molecule has 0 spiro atoms. The highest BCUT2D eigenvalue weighted by atomic mass is 79.9. The van der Waals surface area contributed by atoms with Crippen molar-refractivity contribution in [3.05, 3.63) is 70.0 Å². The van der Waals surface area contributed by atoms with Crippen LogP contribution < -0.4 is 0 Å². The molecule has 118 valence electrons. The average Bonchev–Trinajstić information content (AvgIpc) is 2.98. The van der Waals surface area contributed by atoms with Crippen molar-refractivity contribution in [3.63, 3.8) is 0 Å². The summed E-state index contributed by atoms with van der Waals surface area (Å²) in [6, 6.07) is 16.2. The summed E-state index contributed by atoms with van der Waals surface area (Å²) in [7, 11) is 2.05. The van der Waals surface area contributed by atoms with Gasteiger partial charge in [-0.05, 0) is 53.2 Å². The molecule has 4 nitrogen and oxygen atoms in total. The number of nitrogens with zero attached hydrogens (tertiary/aromatic N) is 3. The van der Waals surface area contributed by atoms with E-state index in [4.69, 9.17) is 4.42 Å². The molecule has 2 aromatic carbocycles. The van der Waals surface area contributed by atoms with E-state index < -0.39 is 0 Å². The van der Waals surface area contributed by atoms with Crippen LogP contribution in [0.2, 0.25) is 0 Å². The molecule has 0 radical (unpaired) electrons. The molecule has 0 aliphatic heterocycles. The lowest BCUT2D eigenvalue weighted by atomic mass is 10.1. The minimum atomic E-state index is 0.539. The minimum absolute atomic E-state index is 0.539. The second-order valence-electron chi connectivity index (χ2n) is 5.58. The smallest absolute Gasteiger partial charge is 0.248 e. The van der Waals surface area contributed by atoms with Crippen LogP contribution in [0.4, 0.5) is 0 Å². The summed E-state index contributed by atoms with van der Waals surface area (Å²) in [5, 5.41) is 8.31. The van der Waals surface area contributed by atoms with Crippen LogP contribution >= 0.6 is 15.9 Å². The third-order valence-corrected chi connectivity index (χ3v) is 4.37. The summed E-state index contributed by atoms with van der Waals surface area (Å²) in [5.74, 6) is 1.16. The van der Waals surface area contributed by atoms with Crippen LogP contribution in [0.1, 0.15) is 17.0 Å². The monoisotopic (exact) mass is 371 g/mol. The van der Waals surface area contributed by atoms with Gasteiger partial charge in [0.15, 0.2) is 0 Å². The van der Waals surface area contributed by atoms with Crippen molar-refractivity contribution in [3.8, 4) is 11.5 Å². The van der Waals surface area contributed by atoms with E-state index in [1.54, 1.807) is 0 Å². The fourth-order valence-electron chi connectivity index (χ4n) is 2.43. The number of aryl methyl sites for hydroxylation is 1. The van der Waals surface area contributed by atoms with E-state index in [9.17, 15) is 0 Å². The van der Waals surface area contributed by atoms with Gasteiger partial charge in [-0.25, -0.2) is 0 Å². The molecule has 23 heavy (non-hydrogen) atoms. The predicted molar refractivity (Wildman–Crippen MR) is 93.8 cm³/mol. The highest BCUT2D eigenvalue weighted by Gasteiger charge is 2.13. The first kappa shape index (κ1) is 15.9. The lowest BCUT2D eigenvalue weighted by Gasteiger charge is -2.15. The maximum atomic E-state index is 5.80. The van der Waals surface area contributed by atoms with Crippen molar-refractivity contribution in [2.24, 2.45) is 0 Å². The van der Waals surface area contributed by atoms with E-state index in [0.29, 0.717) is 18.3 Å². The minimum Gasteiger partial charge on any atom is -0.419 e. The molecule has 3 rings (SSSR count). The van der Waals surface area contributed by atoms with Gasteiger partial charge in [0.05, 0.1) is 12.1 Å². The highest BCUT2D eigenvalue weighted by Crippen LogP contribution is 2.26. The number of hydrogen-bond acceptors (Lipinski definition) is 4. The summed E-state index contributed by atoms with van der Waals surface area (Å²) in [6.45, 7) is 3.59. The van der Waals surface area contributed by atoms with Crippen LogP contribution in [0.5, 0.6) is 0 Å². The first-order valence-electron chi connectivity index (χ1n) is 7.44. The third-order valence-electron chi connectivity index (χ3n) is 3.68. The molecule has 0 atom stereocenters. The highest BCUT2D eigenvalue weighted by molar-refractivity contribution is 9.10. The maximum absolute atomic E-state index is 5.80. The molecule has 0 aliphatic rings. The molecule has 0 saturated heterocycles. The quantitative estimate of drug-likeness (QED) is 0.664. The van der Waals surface area contributed by atoms with Crippen LogP contribution in [0.15, 0.2) is 57.4 Å². The maximum Gasteiger partial charge on any atom is 0.248 e. The lowest BCUT2D eigenvalue weighted by Crippen LogP contribution is -2.18. The van der Waals surface area contributed by atoms with Crippen LogP contribution in [0, 0.1) is 6.92 Å². The van der Waals surface area contributed by atoms with E-state index in [-0.39, 0.29) is 0 Å². The van der Waals surface area contributed by atoms with Gasteiger partial charge in [0.25, 0.3) is 0 Å². The van der Waals surface area contributed by atoms with Crippen molar-refractivity contribution >= 4 is 15.9 Å². The van der Waals surface area contributed by atoms with Gasteiger partial charge in [0, 0.05) is 11.0 Å². The zero-order valence-electron chi connectivity index (χ0n) is 13.2. The number of hydrogen-bond donors (Lipinski definition) is 0. The zero-order chi connectivity index (χ0) is 16.2. The van der Waals surface area contributed by atoms with Crippen LogP contribution in [0.3, 0.4) is 0 Å². The topological polar surface area (TPSA) is 42.2 Å². The van der Waals surface area contributed by atoms with Crippen LogP contribution in [-0.4, -0.2) is 22.1 Å². The second-order valence-corrected chi connectivity index (χ2v) is 6.43. The fraction of sp³-hybridized carbons (Fsp3) is 0.222. The lowest BCUT2D eigenvalue weighted by molar-refractivity contribution is 0.282. The Balaban J connectivity index is 1.70. The summed E-state index contributed by atoms with van der Waals surface area (Å²) >= 11 is 3.51. The molecule has 3 aromatic rings. The fourth-order valence-corrected chi connectivity index (χ4v) is 2.88. The molecule has 0 amide bonds. The van der Waals surface area contributed by atoms with Gasteiger partial charge in [0.2, 0.25) is 11.8 Å². The third kappa shape index (κ3) is 3.86. The van der Waals surface area contributed by atoms with E-state index >= 15 is 0 Å². The molecule has 1 aromatic heterocycles. The summed E-state index contributed by atoms with van der Waals surface area (Å²) in [6.07, 6.45) is 0. The Hall–Kier alpha value is -1.98. The molecular formula is C18H18BrN3O. The van der Waals surface area contributed by atoms with Crippen LogP contribution in [0.25, 0.3) is 11.5 Å². The van der Waals surface area contributed by atoms with Crippen molar-refractivity contribution in [2.45, 2.75) is 20.0 Å². The van der Waals surface area contributed by atoms with Gasteiger partial charge >= 0.3 is 0 Å². The standard InChI is InChI=1S/C18H18BrN3O/c1-13-7-3-4-8-14(13)11-22(2)12-17-20-21-18(23-17)15-9-5-6-10-16(15)19/h3-10H,11-12H2,1-2H3. The average molecular weight is 372 g/mol. The van der Waals surface area contributed by atoms with Gasteiger partial charge in [-0.3, -0.25) is 4.90 Å². The van der Waals surface area contributed by atoms with Crippen molar-refractivity contribution in [2.75, 3.05) is 7.05 Å². The van der Waals surface area contributed by atoms with Crippen molar-refractivity contribution in [1.82, 2.24) is 15.1 Å². The number of rotatable bonds is 5. The van der Waals surface area contributed by atoms with Gasteiger partial charge in [-0.2, -0.15) is 0 Å². The van der Waals surface area contributed by atoms with Gasteiger partial charge in [-0.15, -0.1) is 10.2 Å². The number of benzene rings is 2. The molecule has 0 fully saturated rings. The van der Waals surface area contributed by atoms with Gasteiger partial charge < -0.3 is 4.42 Å². The largest absolute Gasteiger partial charge is 0.419 e. The molecule has 0 unspecified atom stereocenters. The first-order valence-corrected chi connectivity index (χ1v) is 8.23. The van der Waals surface area contributed by atoms with Crippen molar-refractivity contribution in [1.29, 1.82) is 0 Å². The van der Waals surface area contributed by atoms with E-state index in [1.807, 2.05) is 24.3 Å². The Labute approximate surface area is 144 Å². The zero-order valence-corrected chi connectivity index (χ0v) is 14.7. The molecular weight excluding hydrogens is 354 g/mol. The molecule has 1 heterocycles. The second kappa shape index (κ2) is 7.06. The van der Waals surface area contributed by atoms with E-state index in [2.05, 4.69) is 69.3 Å². The Bertz CT molecular complexity index is 800. The Morgan fingerprint density at radius 3 is 2.52 bits per heavy atom. The summed E-state index contributed by atoms with van der Waals surface area (Å²) in [4.78, 5) is 2.17. The van der Waals surface area contributed by atoms with Gasteiger partial charge in [0.1, 0.15) is 0 Å². The molecule has 0 bridgehead atoms. The molecule has 5 heteroatoms. The van der Waals surface area contributed by atoms with Gasteiger partial charge in [-0.1, -0.05) is 36.4 Å². The Morgan fingerprint density at radius 2 is 1.74 bits per heavy atom. The van der Waals surface area contributed by atoms with Crippen LogP contribution in [-0.2, 0) is 13.1 Å². The SMILES string of the molecule is Cc1ccccc1CN(C)Cc1nnc(-c2ccccc2Br)o1. The molecule has 0 aliphatic carbocycles. The Morgan fingerprint density at radius 1 is 1.00 bits per heavy atom. The predicted octanol–water partition coefficient (Wildman–Crippen LogP) is 4.44. The summed E-state index contributed by atoms with van der Waals surface area (Å²) in [5.41, 5.74) is 3.51. The summed E-state index contributed by atoms with van der Waals surface area (Å²) < 4.78 is 6.74. The number of aromatic nitrogens is 2.